The number of halogens is 3. The van der Waals surface area contributed by atoms with Crippen LogP contribution >= 0.6 is 57.6 Å². The lowest BCUT2D eigenvalue weighted by Gasteiger charge is -2.09. The zero-order chi connectivity index (χ0) is 10.0. The molecule has 0 spiro atoms. The van der Waals surface area contributed by atoms with Crippen LogP contribution in [-0.4, -0.2) is 5.11 Å². The summed E-state index contributed by atoms with van der Waals surface area (Å²) in [5.74, 6) is 0.321. The molecule has 0 aliphatic rings. The normalized spacial score (nSPS) is 11.6. The largest absolute Gasteiger partial charge is 0.506 e. The van der Waals surface area contributed by atoms with Crippen LogP contribution in [0.3, 0.4) is 0 Å². The van der Waals surface area contributed by atoms with E-state index in [-0.39, 0.29) is 18.4 Å². The molecule has 0 unspecified atom stereocenters. The standard InChI is InChI=1S/C9H9I2NO.ClH/c1-2-8(12)5-3-6(10)9(13)7(11)4-5;/h2-4,8,13H,1,12H2;1H/t8-;/m1./s1. The maximum Gasteiger partial charge on any atom is 0.142 e. The van der Waals surface area contributed by atoms with Gasteiger partial charge in [0, 0.05) is 6.04 Å². The van der Waals surface area contributed by atoms with Crippen LogP contribution in [0.25, 0.3) is 0 Å². The second kappa shape index (κ2) is 6.14. The van der Waals surface area contributed by atoms with Crippen LogP contribution in [0.15, 0.2) is 24.8 Å². The van der Waals surface area contributed by atoms with Gasteiger partial charge in [-0.3, -0.25) is 0 Å². The molecule has 3 N–H and O–H groups in total. The molecule has 14 heavy (non-hydrogen) atoms. The van der Waals surface area contributed by atoms with E-state index in [0.29, 0.717) is 5.75 Å². The van der Waals surface area contributed by atoms with Gasteiger partial charge in [0.2, 0.25) is 0 Å². The summed E-state index contributed by atoms with van der Waals surface area (Å²) < 4.78 is 1.63. The lowest BCUT2D eigenvalue weighted by molar-refractivity contribution is 0.467. The third-order valence-corrected chi connectivity index (χ3v) is 3.32. The summed E-state index contributed by atoms with van der Waals surface area (Å²) in [6.07, 6.45) is 1.68. The Balaban J connectivity index is 0.00000169. The zero-order valence-corrected chi connectivity index (χ0v) is 12.3. The molecule has 0 heterocycles. The Morgan fingerprint density at radius 2 is 1.79 bits per heavy atom. The van der Waals surface area contributed by atoms with Crippen molar-refractivity contribution in [3.63, 3.8) is 0 Å². The van der Waals surface area contributed by atoms with Gasteiger partial charge in [0.25, 0.3) is 0 Å². The Kier molecular flexibility index (Phi) is 6.35. The molecule has 0 amide bonds. The molecular weight excluding hydrogens is 427 g/mol. The Bertz CT molecular complexity index is 321. The summed E-state index contributed by atoms with van der Waals surface area (Å²) in [7, 11) is 0. The van der Waals surface area contributed by atoms with Gasteiger partial charge in [-0.2, -0.15) is 0 Å². The fourth-order valence-corrected chi connectivity index (χ4v) is 2.73. The van der Waals surface area contributed by atoms with Gasteiger partial charge in [-0.1, -0.05) is 6.08 Å². The van der Waals surface area contributed by atoms with Crippen molar-refractivity contribution < 1.29 is 5.11 Å². The third-order valence-electron chi connectivity index (χ3n) is 1.68. The number of phenolic OH excluding ortho intramolecular Hbond substituents is 1. The first-order valence-corrected chi connectivity index (χ1v) is 5.78. The first kappa shape index (κ1) is 14.5. The lowest BCUT2D eigenvalue weighted by Crippen LogP contribution is -2.06. The van der Waals surface area contributed by atoms with E-state index in [2.05, 4.69) is 51.8 Å². The van der Waals surface area contributed by atoms with Crippen molar-refractivity contribution in [3.05, 3.63) is 37.5 Å². The van der Waals surface area contributed by atoms with Crippen LogP contribution in [0.5, 0.6) is 5.75 Å². The molecule has 1 aromatic carbocycles. The number of phenols is 1. The molecule has 0 saturated heterocycles. The van der Waals surface area contributed by atoms with E-state index in [4.69, 9.17) is 5.73 Å². The van der Waals surface area contributed by atoms with Crippen molar-refractivity contribution in [3.8, 4) is 5.75 Å². The minimum Gasteiger partial charge on any atom is -0.506 e. The predicted molar refractivity (Wildman–Crippen MR) is 77.9 cm³/mol. The molecule has 78 valence electrons. The summed E-state index contributed by atoms with van der Waals surface area (Å²) in [4.78, 5) is 0. The van der Waals surface area contributed by atoms with Crippen LogP contribution < -0.4 is 5.73 Å². The molecule has 1 rings (SSSR count). The molecule has 0 fully saturated rings. The zero-order valence-electron chi connectivity index (χ0n) is 7.21. The molecular formula is C9H10ClI2NO. The Hall–Kier alpha value is 0.470. The molecule has 0 saturated carbocycles. The average molecular weight is 437 g/mol. The maximum atomic E-state index is 9.50. The first-order chi connectivity index (χ1) is 6.06. The van der Waals surface area contributed by atoms with Gasteiger partial charge in [-0.25, -0.2) is 0 Å². The van der Waals surface area contributed by atoms with Gasteiger partial charge in [0.05, 0.1) is 7.14 Å². The Labute approximate surface area is 117 Å². The first-order valence-electron chi connectivity index (χ1n) is 3.62. The fraction of sp³-hybridized carbons (Fsp3) is 0.111. The highest BCUT2D eigenvalue weighted by Gasteiger charge is 2.08. The van der Waals surface area contributed by atoms with Gasteiger partial charge in [0.15, 0.2) is 0 Å². The van der Waals surface area contributed by atoms with E-state index in [9.17, 15) is 5.11 Å². The van der Waals surface area contributed by atoms with Crippen LogP contribution in [0, 0.1) is 7.14 Å². The monoisotopic (exact) mass is 437 g/mol. The summed E-state index contributed by atoms with van der Waals surface area (Å²) in [6, 6.07) is 3.57. The molecule has 1 atom stereocenters. The van der Waals surface area contributed by atoms with E-state index in [1.807, 2.05) is 12.1 Å². The lowest BCUT2D eigenvalue weighted by atomic mass is 10.1. The minimum absolute atomic E-state index is 0. The molecule has 0 aromatic heterocycles. The molecule has 0 bridgehead atoms. The number of rotatable bonds is 2. The van der Waals surface area contributed by atoms with Crippen molar-refractivity contribution in [2.45, 2.75) is 6.04 Å². The average Bonchev–Trinajstić information content (AvgIpc) is 2.12. The predicted octanol–water partition coefficient (Wildman–Crippen LogP) is 3.21. The number of nitrogens with two attached hydrogens (primary N) is 1. The van der Waals surface area contributed by atoms with Crippen molar-refractivity contribution in [2.24, 2.45) is 5.73 Å². The molecule has 0 aliphatic carbocycles. The van der Waals surface area contributed by atoms with Gasteiger partial charge in [-0.15, -0.1) is 19.0 Å². The van der Waals surface area contributed by atoms with Crippen LogP contribution in [0.4, 0.5) is 0 Å². The topological polar surface area (TPSA) is 46.2 Å². The van der Waals surface area contributed by atoms with E-state index < -0.39 is 0 Å². The molecule has 2 nitrogen and oxygen atoms in total. The van der Waals surface area contributed by atoms with Gasteiger partial charge >= 0.3 is 0 Å². The van der Waals surface area contributed by atoms with Crippen molar-refractivity contribution in [1.82, 2.24) is 0 Å². The van der Waals surface area contributed by atoms with Crippen molar-refractivity contribution in [2.75, 3.05) is 0 Å². The van der Waals surface area contributed by atoms with Crippen molar-refractivity contribution in [1.29, 1.82) is 0 Å². The summed E-state index contributed by atoms with van der Waals surface area (Å²) in [6.45, 7) is 3.63. The Morgan fingerprint density at radius 1 is 1.36 bits per heavy atom. The summed E-state index contributed by atoms with van der Waals surface area (Å²) in [5.41, 5.74) is 6.75. The highest BCUT2D eigenvalue weighted by Crippen LogP contribution is 2.29. The SMILES string of the molecule is C=C[C@@H](N)c1cc(I)c(O)c(I)c1.Cl. The maximum absolute atomic E-state index is 9.50. The van der Waals surface area contributed by atoms with Gasteiger partial charge in [-0.05, 0) is 62.9 Å². The van der Waals surface area contributed by atoms with E-state index in [1.165, 1.54) is 0 Å². The number of aromatic hydroxyl groups is 1. The highest BCUT2D eigenvalue weighted by molar-refractivity contribution is 14.1. The summed E-state index contributed by atoms with van der Waals surface area (Å²) in [5, 5.41) is 9.50. The highest BCUT2D eigenvalue weighted by atomic mass is 127. The molecule has 1 aromatic rings. The van der Waals surface area contributed by atoms with Crippen molar-refractivity contribution >= 4 is 57.6 Å². The summed E-state index contributed by atoms with van der Waals surface area (Å²) >= 11 is 4.16. The molecule has 0 aliphatic heterocycles. The Morgan fingerprint density at radius 3 is 2.14 bits per heavy atom. The minimum atomic E-state index is -0.164. The van der Waals surface area contributed by atoms with E-state index in [0.717, 1.165) is 12.7 Å². The van der Waals surface area contributed by atoms with Crippen LogP contribution in [0.2, 0.25) is 0 Å². The van der Waals surface area contributed by atoms with Gasteiger partial charge in [0.1, 0.15) is 5.75 Å². The number of hydrogen-bond acceptors (Lipinski definition) is 2. The second-order valence-electron chi connectivity index (χ2n) is 2.59. The fourth-order valence-electron chi connectivity index (χ4n) is 0.914. The van der Waals surface area contributed by atoms with Gasteiger partial charge < -0.3 is 10.8 Å². The third kappa shape index (κ3) is 3.25. The van der Waals surface area contributed by atoms with Crippen LogP contribution in [0.1, 0.15) is 11.6 Å². The van der Waals surface area contributed by atoms with E-state index in [1.54, 1.807) is 6.08 Å². The second-order valence-corrected chi connectivity index (χ2v) is 4.92. The van der Waals surface area contributed by atoms with Crippen LogP contribution in [-0.2, 0) is 0 Å². The number of benzene rings is 1. The molecule has 5 heteroatoms. The quantitative estimate of drug-likeness (QED) is 0.552. The number of hydrogen-bond donors (Lipinski definition) is 2. The van der Waals surface area contributed by atoms with E-state index >= 15 is 0 Å². The smallest absolute Gasteiger partial charge is 0.142 e. The molecule has 0 radical (unpaired) electrons.